The average molecular weight is 194 g/mol. The highest BCUT2D eigenvalue weighted by atomic mass is 16.5. The quantitative estimate of drug-likeness (QED) is 0.581. The predicted octanol–water partition coefficient (Wildman–Crippen LogP) is 3.40. The zero-order valence-corrected chi connectivity index (χ0v) is 9.62. The van der Waals surface area contributed by atoms with Crippen molar-refractivity contribution in [1.29, 1.82) is 0 Å². The standard InChI is InChI=1S/C13H22O/c1-10-11-6-4-5-8-13(11,2)9-7-12(10)14-3/h5,8,10-12H,4,6-7,9H2,1-3H3/t10-,11-,12?,13-/m0/s1. The first-order chi connectivity index (χ1) is 6.67. The molecule has 2 aliphatic carbocycles. The van der Waals surface area contributed by atoms with Crippen LogP contribution in [0.1, 0.15) is 39.5 Å². The molecule has 0 saturated heterocycles. The fraction of sp³-hybridized carbons (Fsp3) is 0.846. The maximum Gasteiger partial charge on any atom is 0.0600 e. The van der Waals surface area contributed by atoms with E-state index in [4.69, 9.17) is 4.74 Å². The van der Waals surface area contributed by atoms with Crippen LogP contribution in [0.25, 0.3) is 0 Å². The second kappa shape index (κ2) is 3.69. The van der Waals surface area contributed by atoms with Crippen LogP contribution in [-0.4, -0.2) is 13.2 Å². The molecule has 1 saturated carbocycles. The van der Waals surface area contributed by atoms with Gasteiger partial charge in [-0.1, -0.05) is 26.0 Å². The summed E-state index contributed by atoms with van der Waals surface area (Å²) in [5, 5.41) is 0. The molecule has 2 rings (SSSR count). The van der Waals surface area contributed by atoms with Gasteiger partial charge in [0, 0.05) is 7.11 Å². The maximum atomic E-state index is 5.57. The molecule has 1 unspecified atom stereocenters. The Morgan fingerprint density at radius 1 is 1.36 bits per heavy atom. The summed E-state index contributed by atoms with van der Waals surface area (Å²) in [6, 6.07) is 0. The summed E-state index contributed by atoms with van der Waals surface area (Å²) in [6.07, 6.45) is 10.5. The molecular formula is C13H22O. The lowest BCUT2D eigenvalue weighted by molar-refractivity contribution is -0.0431. The largest absolute Gasteiger partial charge is 0.381 e. The Kier molecular flexibility index (Phi) is 2.70. The monoisotopic (exact) mass is 194 g/mol. The highest BCUT2D eigenvalue weighted by Gasteiger charge is 2.43. The van der Waals surface area contributed by atoms with Gasteiger partial charge in [0.05, 0.1) is 6.10 Å². The van der Waals surface area contributed by atoms with Gasteiger partial charge in [-0.3, -0.25) is 0 Å². The Morgan fingerprint density at radius 2 is 2.14 bits per heavy atom. The van der Waals surface area contributed by atoms with Crippen LogP contribution in [0.3, 0.4) is 0 Å². The van der Waals surface area contributed by atoms with Gasteiger partial charge in [0.2, 0.25) is 0 Å². The van der Waals surface area contributed by atoms with E-state index in [1.165, 1.54) is 25.7 Å². The van der Waals surface area contributed by atoms with Gasteiger partial charge in [0.15, 0.2) is 0 Å². The maximum absolute atomic E-state index is 5.57. The summed E-state index contributed by atoms with van der Waals surface area (Å²) in [5.41, 5.74) is 0.465. The SMILES string of the molecule is COC1CC[C@]2(C)C=CCC[C@H]2[C@@H]1C. The van der Waals surface area contributed by atoms with Crippen molar-refractivity contribution in [2.24, 2.45) is 17.3 Å². The Labute approximate surface area is 87.5 Å². The lowest BCUT2D eigenvalue weighted by Crippen LogP contribution is -2.43. The van der Waals surface area contributed by atoms with Crippen molar-refractivity contribution in [3.05, 3.63) is 12.2 Å². The molecule has 0 radical (unpaired) electrons. The minimum atomic E-state index is 0.465. The summed E-state index contributed by atoms with van der Waals surface area (Å²) in [4.78, 5) is 0. The summed E-state index contributed by atoms with van der Waals surface area (Å²) in [6.45, 7) is 4.80. The van der Waals surface area contributed by atoms with Gasteiger partial charge >= 0.3 is 0 Å². The Hall–Kier alpha value is -0.300. The molecule has 0 aromatic heterocycles. The Balaban J connectivity index is 2.18. The van der Waals surface area contributed by atoms with Gasteiger partial charge in [-0.05, 0) is 42.9 Å². The minimum Gasteiger partial charge on any atom is -0.381 e. The van der Waals surface area contributed by atoms with Gasteiger partial charge in [-0.15, -0.1) is 0 Å². The van der Waals surface area contributed by atoms with Crippen LogP contribution in [0, 0.1) is 17.3 Å². The smallest absolute Gasteiger partial charge is 0.0600 e. The number of fused-ring (bicyclic) bond motifs is 1. The molecule has 1 heteroatoms. The van der Waals surface area contributed by atoms with E-state index in [0.717, 1.165) is 11.8 Å². The van der Waals surface area contributed by atoms with Crippen molar-refractivity contribution < 1.29 is 4.74 Å². The predicted molar refractivity (Wildman–Crippen MR) is 59.2 cm³/mol. The summed E-state index contributed by atoms with van der Waals surface area (Å²) >= 11 is 0. The van der Waals surface area contributed by atoms with Crippen LogP contribution in [0.2, 0.25) is 0 Å². The third-order valence-electron chi connectivity index (χ3n) is 4.48. The number of methoxy groups -OCH3 is 1. The number of hydrogen-bond donors (Lipinski definition) is 0. The first kappa shape index (κ1) is 10.2. The molecule has 0 bridgehead atoms. The van der Waals surface area contributed by atoms with E-state index < -0.39 is 0 Å². The van der Waals surface area contributed by atoms with E-state index in [-0.39, 0.29) is 0 Å². The van der Waals surface area contributed by atoms with Gasteiger partial charge < -0.3 is 4.74 Å². The van der Waals surface area contributed by atoms with Crippen LogP contribution in [0.5, 0.6) is 0 Å². The summed E-state index contributed by atoms with van der Waals surface area (Å²) < 4.78 is 5.57. The highest BCUT2D eigenvalue weighted by Crippen LogP contribution is 2.50. The molecule has 14 heavy (non-hydrogen) atoms. The van der Waals surface area contributed by atoms with E-state index in [0.29, 0.717) is 11.5 Å². The number of hydrogen-bond acceptors (Lipinski definition) is 1. The molecule has 0 aromatic rings. The van der Waals surface area contributed by atoms with Crippen LogP contribution in [0.4, 0.5) is 0 Å². The molecule has 0 N–H and O–H groups in total. The van der Waals surface area contributed by atoms with Crippen molar-refractivity contribution in [3.8, 4) is 0 Å². The first-order valence-electron chi connectivity index (χ1n) is 5.88. The minimum absolute atomic E-state index is 0.465. The fourth-order valence-corrected chi connectivity index (χ4v) is 3.52. The van der Waals surface area contributed by atoms with Crippen molar-refractivity contribution in [1.82, 2.24) is 0 Å². The van der Waals surface area contributed by atoms with E-state index in [1.807, 2.05) is 7.11 Å². The number of ether oxygens (including phenoxy) is 1. The van der Waals surface area contributed by atoms with E-state index in [9.17, 15) is 0 Å². The molecule has 1 nitrogen and oxygen atoms in total. The Bertz CT molecular complexity index is 233. The molecule has 80 valence electrons. The van der Waals surface area contributed by atoms with Crippen molar-refractivity contribution >= 4 is 0 Å². The fourth-order valence-electron chi connectivity index (χ4n) is 3.52. The van der Waals surface area contributed by atoms with E-state index in [1.54, 1.807) is 0 Å². The average Bonchev–Trinajstić information content (AvgIpc) is 2.18. The number of allylic oxidation sites excluding steroid dienone is 2. The summed E-state index contributed by atoms with van der Waals surface area (Å²) in [5.74, 6) is 1.56. The van der Waals surface area contributed by atoms with Crippen molar-refractivity contribution in [2.75, 3.05) is 7.11 Å². The molecule has 0 aliphatic heterocycles. The third-order valence-corrected chi connectivity index (χ3v) is 4.48. The van der Waals surface area contributed by atoms with Crippen LogP contribution >= 0.6 is 0 Å². The molecular weight excluding hydrogens is 172 g/mol. The lowest BCUT2D eigenvalue weighted by atomic mass is 9.59. The molecule has 0 spiro atoms. The van der Waals surface area contributed by atoms with E-state index in [2.05, 4.69) is 26.0 Å². The second-order valence-electron chi connectivity index (χ2n) is 5.26. The first-order valence-corrected chi connectivity index (χ1v) is 5.88. The zero-order valence-electron chi connectivity index (χ0n) is 9.62. The molecule has 2 aliphatic rings. The molecule has 0 amide bonds. The van der Waals surface area contributed by atoms with Gasteiger partial charge in [-0.2, -0.15) is 0 Å². The third kappa shape index (κ3) is 1.52. The van der Waals surface area contributed by atoms with Crippen LogP contribution in [0.15, 0.2) is 12.2 Å². The lowest BCUT2D eigenvalue weighted by Gasteiger charge is -2.48. The number of rotatable bonds is 1. The van der Waals surface area contributed by atoms with Crippen molar-refractivity contribution in [2.45, 2.75) is 45.6 Å². The zero-order chi connectivity index (χ0) is 10.2. The Morgan fingerprint density at radius 3 is 2.86 bits per heavy atom. The van der Waals surface area contributed by atoms with Crippen molar-refractivity contribution in [3.63, 3.8) is 0 Å². The molecule has 0 aromatic carbocycles. The van der Waals surface area contributed by atoms with Gasteiger partial charge in [0.1, 0.15) is 0 Å². The molecule has 1 fully saturated rings. The van der Waals surface area contributed by atoms with Crippen LogP contribution < -0.4 is 0 Å². The highest BCUT2D eigenvalue weighted by molar-refractivity contribution is 5.09. The topological polar surface area (TPSA) is 9.23 Å². The second-order valence-corrected chi connectivity index (χ2v) is 5.26. The van der Waals surface area contributed by atoms with Gasteiger partial charge in [-0.25, -0.2) is 0 Å². The summed E-state index contributed by atoms with van der Waals surface area (Å²) in [7, 11) is 1.86. The van der Waals surface area contributed by atoms with E-state index >= 15 is 0 Å². The normalized spacial score (nSPS) is 47.5. The molecule has 4 atom stereocenters. The van der Waals surface area contributed by atoms with Gasteiger partial charge in [0.25, 0.3) is 0 Å². The molecule has 0 heterocycles. The van der Waals surface area contributed by atoms with Crippen LogP contribution in [-0.2, 0) is 4.74 Å².